The Morgan fingerprint density at radius 1 is 0.394 bits per heavy atom. The summed E-state index contributed by atoms with van der Waals surface area (Å²) in [5.74, 6) is 3.24. The number of nitrogens with two attached hydrogens (primary N) is 3. The first kappa shape index (κ1) is 111. The SMILES string of the molecule is C.C.C1CC(CN2CCNCC2)CC[N-]1.[C-]#[N+]c1c(N)nc(SCc2cccc(CCC(=O)N3CCN(CC4CCNCC4)CC3)n2)nc1-c1ccc(NC(C)=O)cc1.[C-]#[N+]c1c(N)nc(SCc2cccc(CCC(=O)N3CCN(CC4CC[N-]CC4)CC3)n2)nc1-c1ccc(NC(C)=O)cc1.[C-]#[N+]c1c(N)nc(SCc2cccc(CCC(=O)O)n2)nc1-c1ccc(NC(C)=O)cc1.[W].[W]. The van der Waals surface area contributed by atoms with E-state index in [2.05, 4.69) is 101 Å². The molecule has 6 aliphatic rings. The Balaban J connectivity index is 0.000000235. The van der Waals surface area contributed by atoms with Crippen molar-refractivity contribution in [3.8, 4) is 33.8 Å². The molecule has 0 bridgehead atoms. The summed E-state index contributed by atoms with van der Waals surface area (Å²) < 4.78 is 0. The van der Waals surface area contributed by atoms with Crippen LogP contribution in [-0.4, -0.2) is 247 Å². The quantitative estimate of drug-likeness (QED) is 0.0115. The number of rotatable bonds is 30. The smallest absolute Gasteiger partial charge is 0.303 e. The number of aliphatic carboxylic acids is 1. The summed E-state index contributed by atoms with van der Waals surface area (Å²) >= 11 is 4.09. The number of nitrogen functional groups attached to an aromatic ring is 3. The van der Waals surface area contributed by atoms with Crippen LogP contribution in [0.4, 0.5) is 51.6 Å². The zero-order valence-corrected chi connectivity index (χ0v) is 84.8. The Labute approximate surface area is 846 Å². The molecular weight excluding hydrogens is 2130 g/mol. The predicted molar refractivity (Wildman–Crippen MR) is 537 cm³/mol. The van der Waals surface area contributed by atoms with Crippen molar-refractivity contribution in [1.82, 2.24) is 80.0 Å². The van der Waals surface area contributed by atoms with Gasteiger partial charge in [-0.05, 0) is 146 Å². The monoisotopic (exact) mass is 2260 g/mol. The third-order valence-electron chi connectivity index (χ3n) is 23.3. The second kappa shape index (κ2) is 58.2. The molecule has 6 saturated heterocycles. The van der Waals surface area contributed by atoms with Gasteiger partial charge in [0.1, 0.15) is 17.5 Å². The number of carboxylic acids is 1. The molecule has 137 heavy (non-hydrogen) atoms. The van der Waals surface area contributed by atoms with Gasteiger partial charge < -0.3 is 74.2 Å². The first-order valence-electron chi connectivity index (χ1n) is 45.2. The summed E-state index contributed by atoms with van der Waals surface area (Å²) in [5, 5.41) is 33.9. The van der Waals surface area contributed by atoms with Gasteiger partial charge >= 0.3 is 5.97 Å². The number of aromatic nitrogens is 9. The molecule has 0 saturated carbocycles. The van der Waals surface area contributed by atoms with E-state index in [1.165, 1.54) is 127 Å². The van der Waals surface area contributed by atoms with E-state index in [1.54, 1.807) is 78.9 Å². The van der Waals surface area contributed by atoms with Crippen molar-refractivity contribution in [2.75, 3.05) is 171 Å². The number of pyridine rings is 3. The van der Waals surface area contributed by atoms with E-state index in [9.17, 15) is 28.8 Å². The number of hydrogen-bond acceptors (Lipinski definition) is 26. The normalized spacial score (nSPS) is 15.3. The number of nitrogens with zero attached hydrogens (tertiary/aromatic N) is 19. The van der Waals surface area contributed by atoms with Crippen LogP contribution in [0.5, 0.6) is 0 Å². The van der Waals surface area contributed by atoms with Gasteiger partial charge in [-0.15, -0.1) is 26.2 Å². The first-order chi connectivity index (χ1) is 64.5. The maximum atomic E-state index is 13.0. The van der Waals surface area contributed by atoms with Crippen LogP contribution in [0, 0.1) is 37.5 Å². The third kappa shape index (κ3) is 36.2. The Hall–Kier alpha value is -10.8. The van der Waals surface area contributed by atoms with Gasteiger partial charge in [-0.3, -0.25) is 53.5 Å². The summed E-state index contributed by atoms with van der Waals surface area (Å²) in [6.07, 6.45) is 9.96. The Morgan fingerprint density at radius 2 is 0.679 bits per heavy atom. The molecule has 12 N–H and O–H groups in total. The van der Waals surface area contributed by atoms with E-state index in [0.717, 1.165) is 151 Å². The van der Waals surface area contributed by atoms with Gasteiger partial charge in [-0.25, -0.2) is 44.4 Å². The minimum Gasteiger partial charge on any atom is -0.662 e. The summed E-state index contributed by atoms with van der Waals surface area (Å²) in [6, 6.07) is 38.3. The zero-order chi connectivity index (χ0) is 93.8. The molecule has 726 valence electrons. The van der Waals surface area contributed by atoms with Gasteiger partial charge in [0.2, 0.25) is 29.5 Å². The summed E-state index contributed by atoms with van der Waals surface area (Å²) in [4.78, 5) is 134. The third-order valence-corrected chi connectivity index (χ3v) is 26.0. The van der Waals surface area contributed by atoms with Crippen LogP contribution in [0.15, 0.2) is 143 Å². The van der Waals surface area contributed by atoms with E-state index in [1.807, 2.05) is 58.3 Å². The second-order valence-corrected chi connectivity index (χ2v) is 36.2. The van der Waals surface area contributed by atoms with Crippen LogP contribution in [0.1, 0.15) is 128 Å². The predicted octanol–water partition coefficient (Wildman–Crippen LogP) is 14.7. The van der Waals surface area contributed by atoms with Crippen LogP contribution in [0.2, 0.25) is 0 Å². The van der Waals surface area contributed by atoms with Crippen LogP contribution in [0.3, 0.4) is 0 Å². The van der Waals surface area contributed by atoms with Crippen molar-refractivity contribution in [2.24, 2.45) is 17.8 Å². The number of anilines is 6. The standard InChI is InChI=1S/C32H39N9O2S.C32H38N9O2S.C22H20N6O3S.C10H20N3.2CH4.2W/c2*1-22(42)36-26-8-6-24(7-9-26)29-30(34-2)31(33)39-32(38-29)44-21-27-5-3-4-25(37-27)10-11-28(43)41-18-16-40(17-19-41)20-23-12-14-35-15-13-23;1-13(29)25-16-8-6-14(7-9-16)19-20(24-2)21(23)28-22(27-19)32-12-17-5-3-4-15(26-17)10-11-18(30)31;1-3-11-4-2-10(1)9-13-7-5-12-6-8-13;;;;/h3-9,23,35H,10-21H2,1H3,(H,36,42)(H2,33,38,39);3-9,23H,10-21H2,1H3,(H,36,42)(H2,33,38,39);3-9H,10-12H2,1H3,(H,25,29)(H,30,31)(H2,23,27,28);10,12H,1-9H2;2*1H4;;/q;-1;;-1;;;;. The topological polar surface area (TPSA) is 434 Å². The minimum absolute atomic E-state index is 0. The Kier molecular flexibility index (Phi) is 47.3. The zero-order valence-electron chi connectivity index (χ0n) is 76.5. The van der Waals surface area contributed by atoms with E-state index >= 15 is 0 Å². The second-order valence-electron chi connectivity index (χ2n) is 33.3. The molecule has 6 fully saturated rings. The number of piperidine rings is 3. The Morgan fingerprint density at radius 3 is 0.978 bits per heavy atom. The molecule has 5 amide bonds. The van der Waals surface area contributed by atoms with Crippen molar-refractivity contribution in [1.29, 1.82) is 0 Å². The number of nitrogens with one attached hydrogen (secondary N) is 5. The number of hydrogen-bond donors (Lipinski definition) is 9. The number of carboxylic acid groups (broad SMARTS) is 1. The fourth-order valence-electron chi connectivity index (χ4n) is 16.3. The molecular formula is C98H125N27O7S3W2-2. The molecule has 34 nitrogen and oxygen atoms in total. The van der Waals surface area contributed by atoms with E-state index < -0.39 is 5.97 Å². The van der Waals surface area contributed by atoms with Gasteiger partial charge in [0.05, 0.1) is 60.3 Å². The van der Waals surface area contributed by atoms with Crippen LogP contribution >= 0.6 is 35.3 Å². The van der Waals surface area contributed by atoms with Crippen molar-refractivity contribution in [3.05, 3.63) is 206 Å². The van der Waals surface area contributed by atoms with Crippen molar-refractivity contribution in [3.63, 3.8) is 0 Å². The molecule has 0 aliphatic carbocycles. The van der Waals surface area contributed by atoms with Gasteiger partial charge in [-0.2, -0.15) is 0 Å². The molecule has 6 aliphatic heterocycles. The maximum Gasteiger partial charge on any atom is 0.303 e. The number of piperazine rings is 3. The summed E-state index contributed by atoms with van der Waals surface area (Å²) in [5.41, 5.74) is 29.1. The average molecular weight is 2260 g/mol. The Bertz CT molecular complexity index is 5300. The number of carbonyl (C=O) groups is 6. The fourth-order valence-corrected chi connectivity index (χ4v) is 18.6. The molecule has 3 aromatic carbocycles. The summed E-state index contributed by atoms with van der Waals surface area (Å²) in [7, 11) is 0. The number of carbonyl (C=O) groups excluding carboxylic acids is 5. The molecule has 0 unspecified atom stereocenters. The maximum absolute atomic E-state index is 13.0. The molecule has 9 aromatic rings. The van der Waals surface area contributed by atoms with Gasteiger partial charge in [0, 0.05) is 232 Å². The van der Waals surface area contributed by atoms with Crippen molar-refractivity contribution >= 4 is 122 Å². The number of aryl methyl sites for hydroxylation is 3. The molecule has 0 radical (unpaired) electrons. The molecule has 0 atom stereocenters. The summed E-state index contributed by atoms with van der Waals surface area (Å²) in [6.45, 7) is 48.8. The molecule has 15 rings (SSSR count). The van der Waals surface area contributed by atoms with Crippen molar-refractivity contribution < 1.29 is 76.0 Å². The van der Waals surface area contributed by atoms with Crippen molar-refractivity contribution in [2.45, 2.75) is 145 Å². The van der Waals surface area contributed by atoms with Crippen LogP contribution in [0.25, 0.3) is 58.9 Å². The molecule has 6 aromatic heterocycles. The molecule has 12 heterocycles. The van der Waals surface area contributed by atoms with E-state index in [-0.39, 0.29) is 127 Å². The number of thioether (sulfide) groups is 3. The number of benzene rings is 3. The first-order valence-corrected chi connectivity index (χ1v) is 48.2. The van der Waals surface area contributed by atoms with Gasteiger partial charge in [0.25, 0.3) is 17.1 Å². The fraction of sp³-hybridized carbons (Fsp3) is 0.449. The minimum atomic E-state index is -0.868. The van der Waals surface area contributed by atoms with E-state index in [0.29, 0.717) is 121 Å². The molecule has 39 heteroatoms. The van der Waals surface area contributed by atoms with Gasteiger partial charge in [0.15, 0.2) is 15.5 Å². The average Bonchev–Trinajstić information content (AvgIpc) is 0.808. The van der Waals surface area contributed by atoms with E-state index in [4.69, 9.17) is 52.0 Å². The number of amides is 5. The molecule has 0 spiro atoms. The van der Waals surface area contributed by atoms with Crippen LogP contribution in [-0.2, 0) is 107 Å². The largest absolute Gasteiger partial charge is 0.662 e. The van der Waals surface area contributed by atoms with Gasteiger partial charge in [-0.1, -0.05) is 130 Å². The van der Waals surface area contributed by atoms with Crippen LogP contribution < -0.4 is 43.8 Å².